The maximum atomic E-state index is 13.7. The molecule has 6 nitrogen and oxygen atoms in total. The quantitative estimate of drug-likeness (QED) is 0.743. The number of halogens is 2. The number of nitrogen functional groups attached to an aromatic ring is 1. The summed E-state index contributed by atoms with van der Waals surface area (Å²) < 4.78 is 52.7. The van der Waals surface area contributed by atoms with E-state index in [9.17, 15) is 17.2 Å². The summed E-state index contributed by atoms with van der Waals surface area (Å²) in [7, 11) is -4.22. The summed E-state index contributed by atoms with van der Waals surface area (Å²) in [6, 6.07) is 1.59. The molecule has 2 aromatic rings. The number of H-pyrrole nitrogens is 1. The van der Waals surface area contributed by atoms with Crippen molar-refractivity contribution in [2.24, 2.45) is 0 Å². The third kappa shape index (κ3) is 2.36. The molecule has 2 rings (SSSR count). The molecular weight excluding hydrogens is 278 g/mol. The second-order valence-electron chi connectivity index (χ2n) is 3.81. The molecule has 0 amide bonds. The normalized spacial score (nSPS) is 11.5. The highest BCUT2D eigenvalue weighted by Crippen LogP contribution is 2.24. The number of nitrogens with zero attached hydrogens (tertiary/aromatic N) is 1. The topological polar surface area (TPSA) is 101 Å². The molecule has 0 fully saturated rings. The minimum absolute atomic E-state index is 0.0993. The molecule has 0 aliphatic rings. The van der Waals surface area contributed by atoms with Crippen molar-refractivity contribution in [3.05, 3.63) is 35.5 Å². The van der Waals surface area contributed by atoms with Gasteiger partial charge in [0.25, 0.3) is 10.0 Å². The van der Waals surface area contributed by atoms with Crippen LogP contribution in [0.5, 0.6) is 0 Å². The van der Waals surface area contributed by atoms with Gasteiger partial charge in [-0.25, -0.2) is 17.2 Å². The first-order valence-electron chi connectivity index (χ1n) is 5.09. The Morgan fingerprint density at radius 1 is 1.37 bits per heavy atom. The van der Waals surface area contributed by atoms with Crippen molar-refractivity contribution < 1.29 is 17.2 Å². The van der Waals surface area contributed by atoms with Gasteiger partial charge in [0.15, 0.2) is 5.82 Å². The molecule has 0 spiro atoms. The first-order valence-corrected chi connectivity index (χ1v) is 6.57. The molecule has 0 radical (unpaired) electrons. The van der Waals surface area contributed by atoms with Gasteiger partial charge >= 0.3 is 0 Å². The fourth-order valence-electron chi connectivity index (χ4n) is 1.40. The summed E-state index contributed by atoms with van der Waals surface area (Å²) in [6.45, 7) is 1.61. The van der Waals surface area contributed by atoms with E-state index in [1.54, 1.807) is 6.92 Å². The van der Waals surface area contributed by atoms with E-state index >= 15 is 0 Å². The van der Waals surface area contributed by atoms with Crippen LogP contribution in [0.25, 0.3) is 0 Å². The zero-order valence-corrected chi connectivity index (χ0v) is 10.6. The van der Waals surface area contributed by atoms with Gasteiger partial charge in [0.1, 0.15) is 22.2 Å². The lowest BCUT2D eigenvalue weighted by molar-refractivity contribution is 0.557. The Bertz CT molecular complexity index is 727. The summed E-state index contributed by atoms with van der Waals surface area (Å²) in [6.07, 6.45) is 1.40. The number of anilines is 2. The predicted octanol–water partition coefficient (Wildman–Crippen LogP) is 1.38. The van der Waals surface area contributed by atoms with Crippen molar-refractivity contribution in [1.82, 2.24) is 10.2 Å². The maximum absolute atomic E-state index is 13.7. The van der Waals surface area contributed by atoms with Crippen LogP contribution in [0.2, 0.25) is 0 Å². The largest absolute Gasteiger partial charge is 0.394 e. The number of rotatable bonds is 3. The van der Waals surface area contributed by atoms with Crippen molar-refractivity contribution in [3.8, 4) is 0 Å². The Morgan fingerprint density at radius 2 is 2.05 bits per heavy atom. The minimum Gasteiger partial charge on any atom is -0.394 e. The van der Waals surface area contributed by atoms with Crippen LogP contribution in [-0.4, -0.2) is 18.6 Å². The van der Waals surface area contributed by atoms with E-state index in [0.29, 0.717) is 5.56 Å². The highest BCUT2D eigenvalue weighted by molar-refractivity contribution is 7.92. The van der Waals surface area contributed by atoms with E-state index in [1.165, 1.54) is 6.20 Å². The zero-order valence-electron chi connectivity index (χ0n) is 9.74. The Morgan fingerprint density at radius 3 is 2.63 bits per heavy atom. The second-order valence-corrected chi connectivity index (χ2v) is 5.46. The first-order chi connectivity index (χ1) is 8.83. The average molecular weight is 288 g/mol. The van der Waals surface area contributed by atoms with Crippen LogP contribution >= 0.6 is 0 Å². The first kappa shape index (κ1) is 13.3. The van der Waals surface area contributed by atoms with Crippen LogP contribution in [0, 0.1) is 18.6 Å². The van der Waals surface area contributed by atoms with E-state index in [-0.39, 0.29) is 5.82 Å². The van der Waals surface area contributed by atoms with Crippen molar-refractivity contribution in [3.63, 3.8) is 0 Å². The Hall–Kier alpha value is -2.16. The van der Waals surface area contributed by atoms with Crippen molar-refractivity contribution in [2.45, 2.75) is 11.8 Å². The Balaban J connectivity index is 2.46. The molecule has 0 aliphatic heterocycles. The SMILES string of the molecule is Cc1cn[nH]c1NS(=O)(=O)c1ccc(F)c(N)c1F. The van der Waals surface area contributed by atoms with E-state index in [0.717, 1.165) is 12.1 Å². The molecule has 1 heterocycles. The lowest BCUT2D eigenvalue weighted by atomic mass is 10.3. The highest BCUT2D eigenvalue weighted by atomic mass is 32.2. The maximum Gasteiger partial charge on any atom is 0.266 e. The summed E-state index contributed by atoms with van der Waals surface area (Å²) in [5, 5.41) is 6.03. The van der Waals surface area contributed by atoms with E-state index in [2.05, 4.69) is 14.9 Å². The molecule has 19 heavy (non-hydrogen) atoms. The molecule has 0 aliphatic carbocycles. The Kier molecular flexibility index (Phi) is 3.14. The second kappa shape index (κ2) is 4.50. The highest BCUT2D eigenvalue weighted by Gasteiger charge is 2.23. The molecule has 9 heteroatoms. The number of aromatic amines is 1. The number of benzene rings is 1. The van der Waals surface area contributed by atoms with Crippen molar-refractivity contribution in [1.29, 1.82) is 0 Å². The molecule has 0 saturated heterocycles. The van der Waals surface area contributed by atoms with Gasteiger partial charge in [0.05, 0.1) is 6.20 Å². The van der Waals surface area contributed by atoms with Crippen LogP contribution in [0.3, 0.4) is 0 Å². The third-order valence-corrected chi connectivity index (χ3v) is 3.81. The molecule has 1 aromatic carbocycles. The molecule has 102 valence electrons. The number of aryl methyl sites for hydroxylation is 1. The number of hydrogen-bond donors (Lipinski definition) is 3. The number of nitrogens with two attached hydrogens (primary N) is 1. The van der Waals surface area contributed by atoms with Gasteiger partial charge in [-0.15, -0.1) is 0 Å². The standard InChI is InChI=1S/C10H10F2N4O2S/c1-5-4-14-15-10(5)16-19(17,18)7-3-2-6(11)9(13)8(7)12/h2-4H,13H2,1H3,(H2,14,15,16). The summed E-state index contributed by atoms with van der Waals surface area (Å²) in [5.74, 6) is -2.25. The average Bonchev–Trinajstić information content (AvgIpc) is 2.71. The molecule has 0 unspecified atom stereocenters. The van der Waals surface area contributed by atoms with Gasteiger partial charge in [-0.2, -0.15) is 5.10 Å². The van der Waals surface area contributed by atoms with E-state index in [4.69, 9.17) is 5.73 Å². The van der Waals surface area contributed by atoms with Gasteiger partial charge in [-0.1, -0.05) is 0 Å². The fourth-order valence-corrected chi connectivity index (χ4v) is 2.57. The van der Waals surface area contributed by atoms with Crippen LogP contribution in [0.4, 0.5) is 20.3 Å². The molecular formula is C10H10F2N4O2S. The van der Waals surface area contributed by atoms with Crippen LogP contribution < -0.4 is 10.5 Å². The monoisotopic (exact) mass is 288 g/mol. The summed E-state index contributed by atoms with van der Waals surface area (Å²) in [5.41, 5.74) is 4.80. The minimum atomic E-state index is -4.22. The van der Waals surface area contributed by atoms with Crippen molar-refractivity contribution in [2.75, 3.05) is 10.5 Å². The number of aromatic nitrogens is 2. The zero-order chi connectivity index (χ0) is 14.2. The predicted molar refractivity (Wildman–Crippen MR) is 64.9 cm³/mol. The lowest BCUT2D eigenvalue weighted by Gasteiger charge is -2.09. The Labute approximate surface area is 107 Å². The fraction of sp³-hybridized carbons (Fsp3) is 0.100. The smallest absolute Gasteiger partial charge is 0.266 e. The van der Waals surface area contributed by atoms with Gasteiger partial charge in [0, 0.05) is 5.56 Å². The summed E-state index contributed by atoms with van der Waals surface area (Å²) >= 11 is 0. The molecule has 4 N–H and O–H groups in total. The lowest BCUT2D eigenvalue weighted by Crippen LogP contribution is -2.16. The van der Waals surface area contributed by atoms with Crippen LogP contribution in [0.1, 0.15) is 5.56 Å². The van der Waals surface area contributed by atoms with Crippen LogP contribution in [0.15, 0.2) is 23.2 Å². The molecule has 0 bridgehead atoms. The van der Waals surface area contributed by atoms with Gasteiger partial charge in [0.2, 0.25) is 0 Å². The van der Waals surface area contributed by atoms with Crippen molar-refractivity contribution >= 4 is 21.5 Å². The van der Waals surface area contributed by atoms with E-state index < -0.39 is 32.2 Å². The van der Waals surface area contributed by atoms with Gasteiger partial charge in [-0.3, -0.25) is 9.82 Å². The van der Waals surface area contributed by atoms with Gasteiger partial charge < -0.3 is 5.73 Å². The van der Waals surface area contributed by atoms with Crippen LogP contribution in [-0.2, 0) is 10.0 Å². The molecule has 0 saturated carbocycles. The summed E-state index contributed by atoms with van der Waals surface area (Å²) in [4.78, 5) is -0.736. The number of sulfonamides is 1. The number of hydrogen-bond acceptors (Lipinski definition) is 4. The molecule has 1 aromatic heterocycles. The van der Waals surface area contributed by atoms with Gasteiger partial charge in [-0.05, 0) is 19.1 Å². The number of nitrogens with one attached hydrogen (secondary N) is 2. The van der Waals surface area contributed by atoms with E-state index in [1.807, 2.05) is 0 Å². The third-order valence-electron chi connectivity index (χ3n) is 2.45. The molecule has 0 atom stereocenters.